The number of sulfonamides is 1. The van der Waals surface area contributed by atoms with Gasteiger partial charge in [-0.15, -0.1) is 0 Å². The number of hydrazone groups is 1. The van der Waals surface area contributed by atoms with E-state index in [0.29, 0.717) is 17.2 Å². The maximum absolute atomic E-state index is 13.6. The van der Waals surface area contributed by atoms with Crippen molar-refractivity contribution in [2.24, 2.45) is 5.10 Å². The van der Waals surface area contributed by atoms with E-state index in [1.807, 2.05) is 6.92 Å². The summed E-state index contributed by atoms with van der Waals surface area (Å²) in [7, 11) is 0.353. The van der Waals surface area contributed by atoms with Crippen LogP contribution in [0.1, 0.15) is 18.1 Å². The average molecular weight is 512 g/mol. The average Bonchev–Trinajstić information content (AvgIpc) is 2.90. The van der Waals surface area contributed by atoms with Crippen LogP contribution in [0.2, 0.25) is 0 Å². The number of nitrogens with one attached hydrogen (secondary N) is 1. The normalized spacial score (nSPS) is 11.5. The molecule has 0 aliphatic carbocycles. The third kappa shape index (κ3) is 6.14. The zero-order valence-electron chi connectivity index (χ0n) is 20.8. The lowest BCUT2D eigenvalue weighted by Gasteiger charge is -2.25. The van der Waals surface area contributed by atoms with Gasteiger partial charge in [0.1, 0.15) is 23.8 Å². The van der Waals surface area contributed by atoms with Crippen LogP contribution in [0.5, 0.6) is 17.2 Å². The van der Waals surface area contributed by atoms with Crippen LogP contribution in [0.15, 0.2) is 76.7 Å². The molecule has 190 valence electrons. The number of hydrogen-bond acceptors (Lipinski definition) is 7. The van der Waals surface area contributed by atoms with Gasteiger partial charge in [0.2, 0.25) is 0 Å². The molecule has 3 rings (SSSR count). The number of rotatable bonds is 10. The molecular formula is C26H29N3O6S. The Morgan fingerprint density at radius 1 is 0.889 bits per heavy atom. The van der Waals surface area contributed by atoms with Crippen molar-refractivity contribution in [1.29, 1.82) is 0 Å². The van der Waals surface area contributed by atoms with E-state index in [0.717, 1.165) is 15.4 Å². The summed E-state index contributed by atoms with van der Waals surface area (Å²) in [5.41, 5.74) is 4.86. The SMILES string of the molecule is COc1ccc(/C(C)=N\NC(=O)CN(c2ccc(OC)cc2OC)S(=O)(=O)c2ccc(C)cc2)cc1. The van der Waals surface area contributed by atoms with Crippen LogP contribution in [0.4, 0.5) is 5.69 Å². The van der Waals surface area contributed by atoms with Crippen molar-refractivity contribution in [3.8, 4) is 17.2 Å². The molecule has 10 heteroatoms. The standard InChI is InChI=1S/C26H29N3O6S/c1-18-6-13-23(14-7-18)36(31,32)29(24-15-12-22(34-4)16-25(24)35-5)17-26(30)28-27-19(2)20-8-10-21(33-3)11-9-20/h6-16H,17H2,1-5H3,(H,28,30)/b27-19-. The lowest BCUT2D eigenvalue weighted by atomic mass is 10.1. The van der Waals surface area contributed by atoms with E-state index in [1.54, 1.807) is 62.6 Å². The second kappa shape index (κ2) is 11.6. The lowest BCUT2D eigenvalue weighted by Crippen LogP contribution is -2.40. The van der Waals surface area contributed by atoms with E-state index in [9.17, 15) is 13.2 Å². The number of ether oxygens (including phenoxy) is 3. The fraction of sp³-hybridized carbons (Fsp3) is 0.231. The van der Waals surface area contributed by atoms with Crippen LogP contribution in [0.3, 0.4) is 0 Å². The van der Waals surface area contributed by atoms with Gasteiger partial charge in [0.25, 0.3) is 15.9 Å². The number of nitrogens with zero attached hydrogens (tertiary/aromatic N) is 2. The number of methoxy groups -OCH3 is 3. The van der Waals surface area contributed by atoms with Gasteiger partial charge in [-0.25, -0.2) is 13.8 Å². The van der Waals surface area contributed by atoms with E-state index in [1.165, 1.54) is 32.4 Å². The van der Waals surface area contributed by atoms with Gasteiger partial charge >= 0.3 is 0 Å². The molecule has 0 aliphatic rings. The second-order valence-corrected chi connectivity index (χ2v) is 9.69. The zero-order chi connectivity index (χ0) is 26.3. The number of amides is 1. The molecule has 9 nitrogen and oxygen atoms in total. The zero-order valence-corrected chi connectivity index (χ0v) is 21.6. The Kier molecular flexibility index (Phi) is 8.55. The van der Waals surface area contributed by atoms with Crippen LogP contribution in [-0.4, -0.2) is 47.9 Å². The highest BCUT2D eigenvalue weighted by Gasteiger charge is 2.29. The molecule has 0 spiro atoms. The Balaban J connectivity index is 1.93. The summed E-state index contributed by atoms with van der Waals surface area (Å²) in [4.78, 5) is 12.9. The molecule has 0 aromatic heterocycles. The Hall–Kier alpha value is -4.05. The van der Waals surface area contributed by atoms with Crippen molar-refractivity contribution in [3.05, 3.63) is 77.9 Å². The highest BCUT2D eigenvalue weighted by molar-refractivity contribution is 7.92. The monoisotopic (exact) mass is 511 g/mol. The molecule has 3 aromatic carbocycles. The van der Waals surface area contributed by atoms with Crippen LogP contribution in [0, 0.1) is 6.92 Å². The highest BCUT2D eigenvalue weighted by Crippen LogP contribution is 2.35. The first-order valence-electron chi connectivity index (χ1n) is 11.0. The summed E-state index contributed by atoms with van der Waals surface area (Å²) >= 11 is 0. The van der Waals surface area contributed by atoms with Gasteiger partial charge in [-0.2, -0.15) is 5.10 Å². The van der Waals surface area contributed by atoms with Crippen molar-refractivity contribution >= 4 is 27.3 Å². The summed E-state index contributed by atoms with van der Waals surface area (Å²) < 4.78 is 44.1. The van der Waals surface area contributed by atoms with E-state index in [2.05, 4.69) is 10.5 Å². The lowest BCUT2D eigenvalue weighted by molar-refractivity contribution is -0.119. The molecular weight excluding hydrogens is 482 g/mol. The number of anilines is 1. The number of carbonyl (C=O) groups is 1. The van der Waals surface area contributed by atoms with Crippen molar-refractivity contribution < 1.29 is 27.4 Å². The minimum atomic E-state index is -4.13. The molecule has 0 atom stereocenters. The Morgan fingerprint density at radius 3 is 2.08 bits per heavy atom. The fourth-order valence-electron chi connectivity index (χ4n) is 3.34. The largest absolute Gasteiger partial charge is 0.497 e. The molecule has 0 bridgehead atoms. The van der Waals surface area contributed by atoms with Crippen molar-refractivity contribution in [3.63, 3.8) is 0 Å². The molecule has 1 N–H and O–H groups in total. The van der Waals surface area contributed by atoms with E-state index in [-0.39, 0.29) is 16.3 Å². The first-order valence-corrected chi connectivity index (χ1v) is 12.4. The molecule has 0 saturated carbocycles. The maximum atomic E-state index is 13.6. The third-order valence-electron chi connectivity index (χ3n) is 5.41. The van der Waals surface area contributed by atoms with Crippen LogP contribution < -0.4 is 23.9 Å². The quantitative estimate of drug-likeness (QED) is 0.328. The predicted octanol–water partition coefficient (Wildman–Crippen LogP) is 3.76. The van der Waals surface area contributed by atoms with Gasteiger partial charge in [-0.1, -0.05) is 17.7 Å². The smallest absolute Gasteiger partial charge is 0.264 e. The molecule has 1 amide bonds. The van der Waals surface area contributed by atoms with Gasteiger partial charge in [-0.05, 0) is 67.9 Å². The summed E-state index contributed by atoms with van der Waals surface area (Å²) in [6, 6.07) is 18.2. The fourth-order valence-corrected chi connectivity index (χ4v) is 4.77. The number of aryl methyl sites for hydroxylation is 1. The van der Waals surface area contributed by atoms with Crippen molar-refractivity contribution in [2.75, 3.05) is 32.2 Å². The molecule has 3 aromatic rings. The summed E-state index contributed by atoms with van der Waals surface area (Å²) in [6.07, 6.45) is 0. The topological polar surface area (TPSA) is 107 Å². The van der Waals surface area contributed by atoms with Gasteiger partial charge in [-0.3, -0.25) is 9.10 Å². The van der Waals surface area contributed by atoms with E-state index in [4.69, 9.17) is 14.2 Å². The molecule has 0 radical (unpaired) electrons. The molecule has 0 saturated heterocycles. The summed E-state index contributed by atoms with van der Waals surface area (Å²) in [6.45, 7) is 3.06. The molecule has 0 fully saturated rings. The Bertz CT molecular complexity index is 1340. The highest BCUT2D eigenvalue weighted by atomic mass is 32.2. The molecule has 0 unspecified atom stereocenters. The Morgan fingerprint density at radius 2 is 1.50 bits per heavy atom. The van der Waals surface area contributed by atoms with Crippen LogP contribution in [0.25, 0.3) is 0 Å². The minimum absolute atomic E-state index is 0.0386. The van der Waals surface area contributed by atoms with Crippen molar-refractivity contribution in [1.82, 2.24) is 5.43 Å². The van der Waals surface area contributed by atoms with Crippen LogP contribution in [-0.2, 0) is 14.8 Å². The Labute approximate surface area is 211 Å². The van der Waals surface area contributed by atoms with Crippen LogP contribution >= 0.6 is 0 Å². The van der Waals surface area contributed by atoms with Crippen molar-refractivity contribution in [2.45, 2.75) is 18.7 Å². The van der Waals surface area contributed by atoms with E-state index >= 15 is 0 Å². The first-order chi connectivity index (χ1) is 17.2. The van der Waals surface area contributed by atoms with Gasteiger partial charge in [0.05, 0.1) is 37.6 Å². The third-order valence-corrected chi connectivity index (χ3v) is 7.18. The maximum Gasteiger partial charge on any atom is 0.264 e. The van der Waals surface area contributed by atoms with Gasteiger partial charge < -0.3 is 14.2 Å². The number of benzene rings is 3. The van der Waals surface area contributed by atoms with E-state index < -0.39 is 22.5 Å². The number of carbonyl (C=O) groups excluding carboxylic acids is 1. The minimum Gasteiger partial charge on any atom is -0.497 e. The molecule has 0 aliphatic heterocycles. The second-order valence-electron chi connectivity index (χ2n) is 7.82. The summed E-state index contributed by atoms with van der Waals surface area (Å²) in [5, 5.41) is 4.14. The molecule has 36 heavy (non-hydrogen) atoms. The predicted molar refractivity (Wildman–Crippen MR) is 139 cm³/mol. The first kappa shape index (κ1) is 26.6. The number of hydrogen-bond donors (Lipinski definition) is 1. The van der Waals surface area contributed by atoms with Gasteiger partial charge in [0, 0.05) is 6.07 Å². The van der Waals surface area contributed by atoms with Gasteiger partial charge in [0.15, 0.2) is 0 Å². The molecule has 0 heterocycles. The summed E-state index contributed by atoms with van der Waals surface area (Å²) in [5.74, 6) is 0.778.